The number of halogens is 1. The Bertz CT molecular complexity index is 1850. The molecule has 4 aromatic rings. The van der Waals surface area contributed by atoms with E-state index in [-0.39, 0.29) is 28.3 Å². The molecule has 214 valence electrons. The van der Waals surface area contributed by atoms with Gasteiger partial charge in [-0.05, 0) is 76.8 Å². The van der Waals surface area contributed by atoms with Crippen molar-refractivity contribution in [2.24, 2.45) is 5.92 Å². The van der Waals surface area contributed by atoms with E-state index >= 15 is 4.39 Å². The Morgan fingerprint density at radius 1 is 1.17 bits per heavy atom. The summed E-state index contributed by atoms with van der Waals surface area (Å²) in [6.45, 7) is 7.74. The molecular formula is C32H30FN5O4. The van der Waals surface area contributed by atoms with Gasteiger partial charge in [0, 0.05) is 35.6 Å². The number of nitrogens with zero attached hydrogens (tertiary/aromatic N) is 5. The number of aromatic nitrogens is 3. The fourth-order valence-corrected chi connectivity index (χ4v) is 6.10. The number of hydrogen-bond donors (Lipinski definition) is 0. The monoisotopic (exact) mass is 567 g/mol. The van der Waals surface area contributed by atoms with Crippen molar-refractivity contribution in [2.75, 3.05) is 13.7 Å². The Kier molecular flexibility index (Phi) is 6.30. The Morgan fingerprint density at radius 3 is 2.55 bits per heavy atom. The number of methoxy groups -OCH3 is 1. The molecule has 2 aliphatic heterocycles. The number of nitriles is 1. The Hall–Kier alpha value is -4.78. The molecule has 3 fully saturated rings. The van der Waals surface area contributed by atoms with Gasteiger partial charge in [-0.2, -0.15) is 5.26 Å². The van der Waals surface area contributed by atoms with Crippen molar-refractivity contribution < 1.29 is 18.7 Å². The van der Waals surface area contributed by atoms with Crippen molar-refractivity contribution in [1.29, 1.82) is 5.26 Å². The highest BCUT2D eigenvalue weighted by Gasteiger charge is 2.62. The number of amides is 1. The van der Waals surface area contributed by atoms with Gasteiger partial charge in [-0.25, -0.2) is 14.2 Å². The van der Waals surface area contributed by atoms with Gasteiger partial charge in [-0.15, -0.1) is 0 Å². The second-order valence-electron chi connectivity index (χ2n) is 12.0. The first-order valence-corrected chi connectivity index (χ1v) is 13.7. The number of hydrogen-bond acceptors (Lipinski definition) is 7. The molecule has 4 heterocycles. The first-order valence-electron chi connectivity index (χ1n) is 13.7. The second kappa shape index (κ2) is 9.65. The highest BCUT2D eigenvalue weighted by molar-refractivity contribution is 5.94. The van der Waals surface area contributed by atoms with Crippen LogP contribution in [0, 0.1) is 30.0 Å². The maximum absolute atomic E-state index is 15.0. The van der Waals surface area contributed by atoms with E-state index in [0.29, 0.717) is 41.9 Å². The number of rotatable bonds is 4. The minimum absolute atomic E-state index is 0.0288. The molecule has 0 unspecified atom stereocenters. The van der Waals surface area contributed by atoms with Crippen molar-refractivity contribution in [3.8, 4) is 28.6 Å². The SMILES string of the molecule is COc1ccc(-n2c(C34CC(CN3C(=O)OC(C)(C)C)C4)nc3c(-c4ccc(C)nc4)cc(C#N)cc3c2=O)cc1F. The lowest BCUT2D eigenvalue weighted by molar-refractivity contribution is 0.00316. The predicted molar refractivity (Wildman–Crippen MR) is 154 cm³/mol. The molecule has 9 nitrogen and oxygen atoms in total. The van der Waals surface area contributed by atoms with Crippen LogP contribution in [0.2, 0.25) is 0 Å². The average molecular weight is 568 g/mol. The van der Waals surface area contributed by atoms with Gasteiger partial charge in [0.2, 0.25) is 0 Å². The average Bonchev–Trinajstić information content (AvgIpc) is 3.50. The van der Waals surface area contributed by atoms with E-state index in [4.69, 9.17) is 14.5 Å². The molecular weight excluding hydrogens is 537 g/mol. The van der Waals surface area contributed by atoms with Crippen molar-refractivity contribution in [3.05, 3.63) is 81.9 Å². The molecule has 7 rings (SSSR count). The Labute approximate surface area is 242 Å². The van der Waals surface area contributed by atoms with Gasteiger partial charge >= 0.3 is 6.09 Å². The van der Waals surface area contributed by atoms with Gasteiger partial charge in [-0.3, -0.25) is 19.2 Å². The summed E-state index contributed by atoms with van der Waals surface area (Å²) < 4.78 is 27.3. The van der Waals surface area contributed by atoms with Crippen LogP contribution in [0.15, 0.2) is 53.5 Å². The molecule has 1 amide bonds. The summed E-state index contributed by atoms with van der Waals surface area (Å²) in [5.74, 6) is -0.0891. The summed E-state index contributed by atoms with van der Waals surface area (Å²) in [6, 6.07) is 13.3. The summed E-state index contributed by atoms with van der Waals surface area (Å²) in [5.41, 5.74) is 0.812. The van der Waals surface area contributed by atoms with Crippen LogP contribution in [-0.2, 0) is 10.3 Å². The molecule has 0 spiro atoms. The fourth-order valence-electron chi connectivity index (χ4n) is 6.10. The molecule has 2 bridgehead atoms. The summed E-state index contributed by atoms with van der Waals surface area (Å²) >= 11 is 0. The number of aryl methyl sites for hydroxylation is 1. The zero-order valence-electron chi connectivity index (χ0n) is 24.1. The Morgan fingerprint density at radius 2 is 1.93 bits per heavy atom. The highest BCUT2D eigenvalue weighted by Crippen LogP contribution is 2.57. The van der Waals surface area contributed by atoms with Crippen molar-refractivity contribution in [2.45, 2.75) is 51.7 Å². The van der Waals surface area contributed by atoms with Crippen LogP contribution in [0.1, 0.15) is 50.7 Å². The van der Waals surface area contributed by atoms with E-state index < -0.39 is 28.6 Å². The molecule has 42 heavy (non-hydrogen) atoms. The number of fused-ring (bicyclic) bond motifs is 2. The third-order valence-corrected chi connectivity index (χ3v) is 7.96. The minimum Gasteiger partial charge on any atom is -0.494 e. The second-order valence-corrected chi connectivity index (χ2v) is 12.0. The molecule has 2 saturated heterocycles. The quantitative estimate of drug-likeness (QED) is 0.314. The van der Waals surface area contributed by atoms with E-state index in [9.17, 15) is 14.9 Å². The van der Waals surface area contributed by atoms with Gasteiger partial charge < -0.3 is 9.47 Å². The van der Waals surface area contributed by atoms with Crippen molar-refractivity contribution in [3.63, 3.8) is 0 Å². The van der Waals surface area contributed by atoms with Crippen LogP contribution in [0.25, 0.3) is 27.7 Å². The van der Waals surface area contributed by atoms with E-state index in [1.165, 1.54) is 29.9 Å². The van der Waals surface area contributed by atoms with E-state index in [1.54, 1.807) is 44.0 Å². The number of carbonyl (C=O) groups is 1. The topological polar surface area (TPSA) is 110 Å². The zero-order chi connectivity index (χ0) is 30.0. The summed E-state index contributed by atoms with van der Waals surface area (Å²) in [6.07, 6.45) is 2.35. The normalized spacial score (nSPS) is 19.4. The fraction of sp³-hybridized carbons (Fsp3) is 0.344. The van der Waals surface area contributed by atoms with Gasteiger partial charge in [0.1, 0.15) is 17.0 Å². The molecule has 0 atom stereocenters. The van der Waals surface area contributed by atoms with Crippen LogP contribution in [0.5, 0.6) is 5.75 Å². The van der Waals surface area contributed by atoms with Crippen LogP contribution < -0.4 is 10.3 Å². The first kappa shape index (κ1) is 27.4. The van der Waals surface area contributed by atoms with Crippen molar-refractivity contribution in [1.82, 2.24) is 19.4 Å². The lowest BCUT2D eigenvalue weighted by Crippen LogP contribution is -2.50. The van der Waals surface area contributed by atoms with Gasteiger partial charge in [0.05, 0.1) is 35.3 Å². The Balaban J connectivity index is 1.67. The molecule has 2 aromatic heterocycles. The summed E-state index contributed by atoms with van der Waals surface area (Å²) in [4.78, 5) is 39.1. The van der Waals surface area contributed by atoms with Crippen LogP contribution in [0.3, 0.4) is 0 Å². The molecule has 0 radical (unpaired) electrons. The van der Waals surface area contributed by atoms with E-state index in [0.717, 1.165) is 5.69 Å². The van der Waals surface area contributed by atoms with Crippen LogP contribution in [-0.4, -0.2) is 44.8 Å². The summed E-state index contributed by atoms with van der Waals surface area (Å²) in [5, 5.41) is 10.0. The van der Waals surface area contributed by atoms with Crippen LogP contribution in [0.4, 0.5) is 9.18 Å². The van der Waals surface area contributed by atoms with Gasteiger partial charge in [0.15, 0.2) is 11.6 Å². The zero-order valence-corrected chi connectivity index (χ0v) is 24.1. The highest BCUT2D eigenvalue weighted by atomic mass is 19.1. The maximum atomic E-state index is 15.0. The van der Waals surface area contributed by atoms with Gasteiger partial charge in [0.25, 0.3) is 5.56 Å². The smallest absolute Gasteiger partial charge is 0.411 e. The molecule has 2 aromatic carbocycles. The van der Waals surface area contributed by atoms with Gasteiger partial charge in [-0.1, -0.05) is 6.07 Å². The lowest BCUT2D eigenvalue weighted by Gasteiger charge is -2.42. The third kappa shape index (κ3) is 4.36. The first-order chi connectivity index (χ1) is 19.9. The number of ether oxygens (including phenoxy) is 2. The maximum Gasteiger partial charge on any atom is 0.411 e. The largest absolute Gasteiger partial charge is 0.494 e. The minimum atomic E-state index is -0.937. The molecule has 0 N–H and O–H groups in total. The molecule has 3 aliphatic rings. The van der Waals surface area contributed by atoms with Crippen LogP contribution >= 0.6 is 0 Å². The standard InChI is InChI=1S/C32H30FN5O4/c1-18-6-7-21(16-35-18)23-10-19(15-34)11-24-27(23)36-29(38(28(24)39)22-8-9-26(41-5)25(33)12-22)32-13-20(14-32)17-37(32)30(40)42-31(2,3)4/h6-12,16,20H,13-14,17H2,1-5H3. The molecule has 1 saturated carbocycles. The number of benzene rings is 2. The van der Waals surface area contributed by atoms with E-state index in [1.807, 2.05) is 19.1 Å². The van der Waals surface area contributed by atoms with E-state index in [2.05, 4.69) is 11.1 Å². The molecule has 1 aliphatic carbocycles. The summed E-state index contributed by atoms with van der Waals surface area (Å²) in [7, 11) is 1.36. The lowest BCUT2D eigenvalue weighted by atomic mass is 9.72. The number of carbonyl (C=O) groups excluding carboxylic acids is 1. The predicted octanol–water partition coefficient (Wildman–Crippen LogP) is 5.63. The molecule has 10 heteroatoms. The number of pyridine rings is 1. The van der Waals surface area contributed by atoms with Crippen molar-refractivity contribution >= 4 is 17.0 Å². The third-order valence-electron chi connectivity index (χ3n) is 7.96.